The lowest BCUT2D eigenvalue weighted by Gasteiger charge is -2.11. The highest BCUT2D eigenvalue weighted by Crippen LogP contribution is 2.49. The molecule has 0 saturated heterocycles. The van der Waals surface area contributed by atoms with Gasteiger partial charge in [0.15, 0.2) is 11.5 Å². The Balaban J connectivity index is 1.63. The van der Waals surface area contributed by atoms with E-state index in [-0.39, 0.29) is 0 Å². The van der Waals surface area contributed by atoms with E-state index in [1.54, 1.807) is 0 Å². The van der Waals surface area contributed by atoms with Crippen LogP contribution in [-0.4, -0.2) is 0 Å². The van der Waals surface area contributed by atoms with Gasteiger partial charge in [0.1, 0.15) is 11.5 Å². The molecule has 0 fully saturated rings. The first-order valence-corrected chi connectivity index (χ1v) is 11.9. The summed E-state index contributed by atoms with van der Waals surface area (Å²) in [5.41, 5.74) is 0. The largest absolute Gasteiger partial charge is 0.678 e. The molecule has 0 amide bonds. The van der Waals surface area contributed by atoms with Crippen molar-refractivity contribution in [2.45, 2.75) is 0 Å². The summed E-state index contributed by atoms with van der Waals surface area (Å²) in [6.45, 7) is 0. The van der Waals surface area contributed by atoms with Crippen LogP contribution in [0.25, 0.3) is 0 Å². The molecule has 0 spiro atoms. The van der Waals surface area contributed by atoms with E-state index in [2.05, 4.69) is 0 Å². The van der Waals surface area contributed by atoms with Crippen molar-refractivity contribution >= 4 is 16.7 Å². The topological polar surface area (TPSA) is 49.3 Å². The molecule has 0 atom stereocenters. The Morgan fingerprint density at radius 3 is 1.13 bits per heavy atom. The third-order valence-electron chi connectivity index (χ3n) is 3.85. The number of benzene rings is 4. The van der Waals surface area contributed by atoms with Gasteiger partial charge >= 0.3 is 16.7 Å². The Kier molecular flexibility index (Phi) is 7.49. The van der Waals surface area contributed by atoms with Crippen LogP contribution in [0.5, 0.6) is 23.0 Å². The maximum atomic E-state index is 6.06. The van der Waals surface area contributed by atoms with Crippen molar-refractivity contribution in [2.75, 3.05) is 0 Å². The summed E-state index contributed by atoms with van der Waals surface area (Å²) < 4.78 is 28.9. The van der Waals surface area contributed by atoms with Crippen molar-refractivity contribution in [3.8, 4) is 23.0 Å². The first-order chi connectivity index (χ1) is 15.3. The summed E-state index contributed by atoms with van der Waals surface area (Å²) in [7, 11) is -3.48. The fraction of sp³-hybridized carbons (Fsp3) is 0. The first-order valence-electron chi connectivity index (χ1n) is 9.59. The minimum atomic E-state index is -1.74. The molecule has 31 heavy (non-hydrogen) atoms. The molecule has 5 nitrogen and oxygen atoms in total. The van der Waals surface area contributed by atoms with Crippen molar-refractivity contribution in [2.24, 2.45) is 4.52 Å². The van der Waals surface area contributed by atoms with Gasteiger partial charge in [-0.2, -0.15) is 0 Å². The molecular weight excluding hydrogens is 428 g/mol. The lowest BCUT2D eigenvalue weighted by atomic mass is 10.3. The van der Waals surface area contributed by atoms with E-state index in [0.717, 1.165) is 0 Å². The zero-order chi connectivity index (χ0) is 21.1. The van der Waals surface area contributed by atoms with Crippen LogP contribution in [0.4, 0.5) is 0 Å². The molecule has 0 saturated carbocycles. The average Bonchev–Trinajstić information content (AvgIpc) is 2.82. The number of rotatable bonds is 9. The van der Waals surface area contributed by atoms with Gasteiger partial charge in [-0.3, -0.25) is 0 Å². The van der Waals surface area contributed by atoms with E-state index in [1.807, 2.05) is 121 Å². The van der Waals surface area contributed by atoms with Crippen molar-refractivity contribution in [1.29, 1.82) is 0 Å². The number of para-hydroxylation sites is 4. The van der Waals surface area contributed by atoms with Crippen LogP contribution < -0.4 is 18.1 Å². The highest BCUT2D eigenvalue weighted by atomic mass is 31.2. The van der Waals surface area contributed by atoms with Gasteiger partial charge in [0.2, 0.25) is 0 Å². The Morgan fingerprint density at radius 1 is 0.452 bits per heavy atom. The van der Waals surface area contributed by atoms with E-state index in [0.29, 0.717) is 23.0 Å². The number of nitrogens with zero attached hydrogens (tertiary/aromatic N) is 1. The normalized spacial score (nSPS) is 10.2. The zero-order valence-electron chi connectivity index (χ0n) is 16.5. The van der Waals surface area contributed by atoms with Gasteiger partial charge in [-0.25, -0.2) is 9.05 Å². The third-order valence-corrected chi connectivity index (χ3v) is 6.49. The molecule has 154 valence electrons. The highest BCUT2D eigenvalue weighted by Gasteiger charge is 2.30. The molecule has 0 aliphatic carbocycles. The van der Waals surface area contributed by atoms with Crippen LogP contribution in [0.1, 0.15) is 0 Å². The predicted octanol–water partition coefficient (Wildman–Crippen LogP) is 8.02. The van der Waals surface area contributed by atoms with Crippen LogP contribution >= 0.6 is 16.7 Å². The summed E-state index contributed by atoms with van der Waals surface area (Å²) in [5, 5.41) is 0. The van der Waals surface area contributed by atoms with E-state index in [4.69, 9.17) is 22.6 Å². The van der Waals surface area contributed by atoms with Crippen LogP contribution in [-0.2, 0) is 0 Å². The van der Waals surface area contributed by atoms with Crippen molar-refractivity contribution in [3.63, 3.8) is 0 Å². The smallest absolute Gasteiger partial charge is 0.419 e. The standard InChI is InChI=1S/C24H20NO4P2/c1-5-13-21(14-6-1)26-30(27-22-15-7-2-8-16-22)25-31(28-23-17-9-3-10-18-23)29-24-19-11-4-12-20-24/h1-20H/q+1. The van der Waals surface area contributed by atoms with Crippen molar-refractivity contribution in [1.82, 2.24) is 0 Å². The van der Waals surface area contributed by atoms with E-state index >= 15 is 0 Å². The molecule has 0 bridgehead atoms. The minimum absolute atomic E-state index is 0.655. The first kappa shape index (κ1) is 20.9. The maximum Gasteiger partial charge on any atom is 0.678 e. The fourth-order valence-corrected chi connectivity index (χ4v) is 4.80. The molecule has 4 aromatic carbocycles. The predicted molar refractivity (Wildman–Crippen MR) is 125 cm³/mol. The third kappa shape index (κ3) is 6.82. The number of hydrogen-bond donors (Lipinski definition) is 0. The summed E-state index contributed by atoms with van der Waals surface area (Å²) in [4.78, 5) is 0. The second-order valence-electron chi connectivity index (χ2n) is 6.18. The van der Waals surface area contributed by atoms with Gasteiger partial charge in [0.05, 0.1) is 4.52 Å². The van der Waals surface area contributed by atoms with E-state index in [9.17, 15) is 0 Å². The molecule has 4 rings (SSSR count). The molecule has 0 aliphatic rings. The van der Waals surface area contributed by atoms with Gasteiger partial charge < -0.3 is 9.05 Å². The average molecular weight is 448 g/mol. The van der Waals surface area contributed by atoms with Gasteiger partial charge in [-0.05, 0) is 48.5 Å². The van der Waals surface area contributed by atoms with Gasteiger partial charge in [0.25, 0.3) is 0 Å². The Labute approximate surface area is 183 Å². The SMILES string of the molecule is c1ccc(OP(N=[P+](Oc2ccccc2)Oc2ccccc2)Oc2ccccc2)cc1. The molecular formula is C24H20NO4P2+. The lowest BCUT2D eigenvalue weighted by Crippen LogP contribution is -1.95. The Hall–Kier alpha value is -3.39. The molecule has 0 N–H and O–H groups in total. The minimum Gasteiger partial charge on any atom is -0.419 e. The quantitative estimate of drug-likeness (QED) is 0.243. The lowest BCUT2D eigenvalue weighted by molar-refractivity contribution is 0.482. The van der Waals surface area contributed by atoms with E-state index in [1.165, 1.54) is 0 Å². The molecule has 0 heterocycles. The Bertz CT molecular complexity index is 997. The maximum absolute atomic E-state index is 6.06. The van der Waals surface area contributed by atoms with Crippen molar-refractivity contribution in [3.05, 3.63) is 121 Å². The molecule has 7 heteroatoms. The zero-order valence-corrected chi connectivity index (χ0v) is 18.3. The second-order valence-corrected chi connectivity index (χ2v) is 8.58. The van der Waals surface area contributed by atoms with Crippen LogP contribution in [0.2, 0.25) is 0 Å². The van der Waals surface area contributed by atoms with E-state index < -0.39 is 16.7 Å². The van der Waals surface area contributed by atoms with Gasteiger partial charge in [-0.15, -0.1) is 0 Å². The summed E-state index contributed by atoms with van der Waals surface area (Å²) >= 11 is 0. The van der Waals surface area contributed by atoms with Gasteiger partial charge in [-0.1, -0.05) is 72.8 Å². The molecule has 0 radical (unpaired) electrons. The monoisotopic (exact) mass is 448 g/mol. The number of hydrogen-bond acceptors (Lipinski definition) is 5. The van der Waals surface area contributed by atoms with Gasteiger partial charge in [0, 0.05) is 0 Å². The second kappa shape index (κ2) is 11.1. The molecule has 0 unspecified atom stereocenters. The molecule has 0 aliphatic heterocycles. The highest BCUT2D eigenvalue weighted by molar-refractivity contribution is 7.55. The summed E-state index contributed by atoms with van der Waals surface area (Å²) in [6.07, 6.45) is 0. The molecule has 0 aromatic heterocycles. The van der Waals surface area contributed by atoms with Crippen LogP contribution in [0.3, 0.4) is 0 Å². The summed E-state index contributed by atoms with van der Waals surface area (Å²) in [5.74, 6) is 2.62. The van der Waals surface area contributed by atoms with Crippen LogP contribution in [0, 0.1) is 0 Å². The molecule has 4 aromatic rings. The summed E-state index contributed by atoms with van der Waals surface area (Å²) in [6, 6.07) is 37.8. The Morgan fingerprint density at radius 2 is 0.774 bits per heavy atom. The van der Waals surface area contributed by atoms with Crippen LogP contribution in [0.15, 0.2) is 126 Å². The van der Waals surface area contributed by atoms with Crippen molar-refractivity contribution < 1.29 is 18.1 Å². The fourth-order valence-electron chi connectivity index (χ4n) is 2.46.